The average molecular weight is 382 g/mol. The first-order valence-corrected chi connectivity index (χ1v) is 9.83. The zero-order chi connectivity index (χ0) is 20.1. The van der Waals surface area contributed by atoms with Gasteiger partial charge in [0.25, 0.3) is 0 Å². The highest BCUT2D eigenvalue weighted by molar-refractivity contribution is 5.81. The monoisotopic (exact) mass is 382 g/mol. The van der Waals surface area contributed by atoms with Gasteiger partial charge in [0.15, 0.2) is 0 Å². The maximum absolute atomic E-state index is 13.8. The molecule has 1 aliphatic rings. The quantitative estimate of drug-likeness (QED) is 0.858. The minimum Gasteiger partial charge on any atom is -0.352 e. The van der Waals surface area contributed by atoms with Crippen molar-refractivity contribution in [2.45, 2.75) is 39.2 Å². The zero-order valence-corrected chi connectivity index (χ0v) is 16.5. The molecule has 0 radical (unpaired) electrons. The number of carbonyl (C=O) groups is 2. The maximum atomic E-state index is 13.8. The normalized spacial score (nSPS) is 19.3. The van der Waals surface area contributed by atoms with Crippen LogP contribution in [0.5, 0.6) is 0 Å². The molecule has 0 spiro atoms. The molecule has 2 amide bonds. The number of benzene rings is 2. The Kier molecular flexibility index (Phi) is 6.45. The van der Waals surface area contributed by atoms with Crippen LogP contribution in [-0.2, 0) is 22.6 Å². The number of halogens is 1. The number of nitrogens with one attached hydrogen (secondary N) is 1. The van der Waals surface area contributed by atoms with Crippen LogP contribution in [0.2, 0.25) is 0 Å². The second-order valence-corrected chi connectivity index (χ2v) is 7.46. The molecular weight excluding hydrogens is 355 g/mol. The Bertz CT molecular complexity index is 835. The molecule has 148 valence electrons. The molecule has 1 N–H and O–H groups in total. The van der Waals surface area contributed by atoms with E-state index in [1.165, 1.54) is 18.6 Å². The Hall–Kier alpha value is -2.69. The molecule has 0 aromatic heterocycles. The summed E-state index contributed by atoms with van der Waals surface area (Å²) < 4.78 is 13.8. The van der Waals surface area contributed by atoms with E-state index < -0.39 is 0 Å². The fourth-order valence-electron chi connectivity index (χ4n) is 3.78. The number of piperidine rings is 1. The van der Waals surface area contributed by atoms with Gasteiger partial charge in [-0.1, -0.05) is 49.4 Å². The molecule has 0 aliphatic carbocycles. The fourth-order valence-corrected chi connectivity index (χ4v) is 3.78. The van der Waals surface area contributed by atoms with Crippen molar-refractivity contribution in [3.05, 3.63) is 71.0 Å². The van der Waals surface area contributed by atoms with Crippen LogP contribution in [0.15, 0.2) is 48.5 Å². The first-order chi connectivity index (χ1) is 13.5. The van der Waals surface area contributed by atoms with Crippen LogP contribution in [0.3, 0.4) is 0 Å². The Labute approximate surface area is 165 Å². The molecule has 0 bridgehead atoms. The van der Waals surface area contributed by atoms with E-state index in [1.54, 1.807) is 23.1 Å². The second kappa shape index (κ2) is 9.00. The van der Waals surface area contributed by atoms with E-state index in [0.717, 1.165) is 12.0 Å². The molecule has 3 rings (SSSR count). The van der Waals surface area contributed by atoms with Gasteiger partial charge in [-0.3, -0.25) is 9.59 Å². The minimum absolute atomic E-state index is 0.0261. The second-order valence-electron chi connectivity index (χ2n) is 7.46. The Morgan fingerprint density at radius 2 is 1.82 bits per heavy atom. The molecule has 1 saturated heterocycles. The van der Waals surface area contributed by atoms with E-state index in [2.05, 4.69) is 36.5 Å². The topological polar surface area (TPSA) is 49.4 Å². The smallest absolute Gasteiger partial charge is 0.225 e. The van der Waals surface area contributed by atoms with Gasteiger partial charge in [-0.2, -0.15) is 0 Å². The largest absolute Gasteiger partial charge is 0.352 e. The summed E-state index contributed by atoms with van der Waals surface area (Å²) in [4.78, 5) is 26.5. The van der Waals surface area contributed by atoms with Crippen LogP contribution >= 0.6 is 0 Å². The van der Waals surface area contributed by atoms with Crippen molar-refractivity contribution in [2.75, 3.05) is 13.1 Å². The number of nitrogens with zero attached hydrogens (tertiary/aromatic N) is 1. The van der Waals surface area contributed by atoms with Gasteiger partial charge < -0.3 is 10.2 Å². The van der Waals surface area contributed by atoms with Crippen molar-refractivity contribution in [1.82, 2.24) is 10.2 Å². The van der Waals surface area contributed by atoms with Gasteiger partial charge in [-0.05, 0) is 30.0 Å². The van der Waals surface area contributed by atoms with Crippen molar-refractivity contribution < 1.29 is 14.0 Å². The predicted octanol–water partition coefficient (Wildman–Crippen LogP) is 3.66. The Morgan fingerprint density at radius 1 is 1.11 bits per heavy atom. The van der Waals surface area contributed by atoms with Crippen LogP contribution in [0.4, 0.5) is 4.39 Å². The molecule has 5 heteroatoms. The number of aryl methyl sites for hydroxylation is 1. The standard InChI is InChI=1S/C23H27FN2O2/c1-3-17-8-10-18(11-9-17)20-12-21(15-26(14-20)16(2)27)23(28)25-13-19-6-4-5-7-22(19)24/h4-11,20-21H,3,12-15H2,1-2H3,(H,25,28). The minimum atomic E-state index is -0.328. The summed E-state index contributed by atoms with van der Waals surface area (Å²) in [5.74, 6) is -0.676. The van der Waals surface area contributed by atoms with E-state index in [1.807, 2.05) is 0 Å². The van der Waals surface area contributed by atoms with Crippen LogP contribution < -0.4 is 5.32 Å². The summed E-state index contributed by atoms with van der Waals surface area (Å²) in [5, 5.41) is 2.84. The first kappa shape index (κ1) is 20.1. The van der Waals surface area contributed by atoms with Crippen LogP contribution in [-0.4, -0.2) is 29.8 Å². The molecule has 2 aromatic carbocycles. The average Bonchev–Trinajstić information content (AvgIpc) is 2.72. The SMILES string of the molecule is CCc1ccc(C2CC(C(=O)NCc3ccccc3F)CN(C(C)=O)C2)cc1. The van der Waals surface area contributed by atoms with Gasteiger partial charge in [0, 0.05) is 38.0 Å². The maximum Gasteiger partial charge on any atom is 0.225 e. The summed E-state index contributed by atoms with van der Waals surface area (Å²) in [6.45, 7) is 4.83. The molecular formula is C23H27FN2O2. The van der Waals surface area contributed by atoms with Crippen molar-refractivity contribution in [1.29, 1.82) is 0 Å². The predicted molar refractivity (Wildman–Crippen MR) is 107 cm³/mol. The molecule has 2 unspecified atom stereocenters. The lowest BCUT2D eigenvalue weighted by atomic mass is 9.83. The highest BCUT2D eigenvalue weighted by Gasteiger charge is 2.33. The highest BCUT2D eigenvalue weighted by Crippen LogP contribution is 2.31. The number of carbonyl (C=O) groups excluding carboxylic acids is 2. The number of hydrogen-bond donors (Lipinski definition) is 1. The van der Waals surface area contributed by atoms with Gasteiger partial charge in [0.2, 0.25) is 11.8 Å². The molecule has 28 heavy (non-hydrogen) atoms. The Morgan fingerprint density at radius 3 is 2.46 bits per heavy atom. The highest BCUT2D eigenvalue weighted by atomic mass is 19.1. The van der Waals surface area contributed by atoms with Gasteiger partial charge in [-0.15, -0.1) is 0 Å². The first-order valence-electron chi connectivity index (χ1n) is 9.83. The van der Waals surface area contributed by atoms with Crippen molar-refractivity contribution in [3.8, 4) is 0 Å². The van der Waals surface area contributed by atoms with Gasteiger partial charge in [-0.25, -0.2) is 4.39 Å². The van der Waals surface area contributed by atoms with Crippen LogP contribution in [0, 0.1) is 11.7 Å². The molecule has 2 aromatic rings. The molecule has 1 heterocycles. The number of rotatable bonds is 5. The third kappa shape index (κ3) is 4.77. The third-order valence-corrected chi connectivity index (χ3v) is 5.54. The summed E-state index contributed by atoms with van der Waals surface area (Å²) in [7, 11) is 0. The zero-order valence-electron chi connectivity index (χ0n) is 16.5. The molecule has 4 nitrogen and oxygen atoms in total. The summed E-state index contributed by atoms with van der Waals surface area (Å²) in [6, 6.07) is 14.8. The lowest BCUT2D eigenvalue weighted by molar-refractivity contribution is -0.134. The lowest BCUT2D eigenvalue weighted by Gasteiger charge is -2.37. The van der Waals surface area contributed by atoms with Crippen molar-refractivity contribution >= 4 is 11.8 Å². The molecule has 1 aliphatic heterocycles. The number of hydrogen-bond acceptors (Lipinski definition) is 2. The van der Waals surface area contributed by atoms with Crippen molar-refractivity contribution in [2.24, 2.45) is 5.92 Å². The van der Waals surface area contributed by atoms with E-state index >= 15 is 0 Å². The van der Waals surface area contributed by atoms with E-state index in [-0.39, 0.29) is 36.0 Å². The number of amides is 2. The van der Waals surface area contributed by atoms with E-state index in [0.29, 0.717) is 25.1 Å². The molecule has 1 fully saturated rings. The van der Waals surface area contributed by atoms with Crippen LogP contribution in [0.25, 0.3) is 0 Å². The number of likely N-dealkylation sites (tertiary alicyclic amines) is 1. The van der Waals surface area contributed by atoms with Gasteiger partial charge in [0.05, 0.1) is 5.92 Å². The summed E-state index contributed by atoms with van der Waals surface area (Å²) >= 11 is 0. The van der Waals surface area contributed by atoms with E-state index in [4.69, 9.17) is 0 Å². The molecule has 0 saturated carbocycles. The lowest BCUT2D eigenvalue weighted by Crippen LogP contribution is -2.47. The van der Waals surface area contributed by atoms with Crippen LogP contribution in [0.1, 0.15) is 42.9 Å². The summed E-state index contributed by atoms with van der Waals surface area (Å²) in [5.41, 5.74) is 2.87. The van der Waals surface area contributed by atoms with Gasteiger partial charge in [0.1, 0.15) is 5.82 Å². The third-order valence-electron chi connectivity index (χ3n) is 5.54. The fraction of sp³-hybridized carbons (Fsp3) is 0.391. The Balaban J connectivity index is 1.70. The van der Waals surface area contributed by atoms with Gasteiger partial charge >= 0.3 is 0 Å². The van der Waals surface area contributed by atoms with Crippen molar-refractivity contribution in [3.63, 3.8) is 0 Å². The molecule has 2 atom stereocenters. The summed E-state index contributed by atoms with van der Waals surface area (Å²) in [6.07, 6.45) is 1.66. The van der Waals surface area contributed by atoms with E-state index in [9.17, 15) is 14.0 Å².